The van der Waals surface area contributed by atoms with Crippen molar-refractivity contribution in [1.29, 1.82) is 0 Å². The van der Waals surface area contributed by atoms with Crippen molar-refractivity contribution in [3.05, 3.63) is 46.2 Å². The lowest BCUT2D eigenvalue weighted by Gasteiger charge is -2.49. The van der Waals surface area contributed by atoms with Gasteiger partial charge in [0, 0.05) is 49.7 Å². The SMILES string of the molecule is CS(=O)(=O)N1CC[C@@]2(O)CCN(Cc3cc4ccccc4[nH]c3=O)C[C@H]2C1. The monoisotopic (exact) mass is 391 g/mol. The summed E-state index contributed by atoms with van der Waals surface area (Å²) in [5.41, 5.74) is 0.592. The molecule has 2 fully saturated rings. The molecule has 0 saturated carbocycles. The van der Waals surface area contributed by atoms with Crippen LogP contribution >= 0.6 is 0 Å². The molecule has 0 spiro atoms. The molecule has 7 nitrogen and oxygen atoms in total. The zero-order chi connectivity index (χ0) is 19.2. The van der Waals surface area contributed by atoms with Crippen molar-refractivity contribution in [3.8, 4) is 0 Å². The van der Waals surface area contributed by atoms with Gasteiger partial charge in [0.25, 0.3) is 5.56 Å². The number of hydrogen-bond acceptors (Lipinski definition) is 5. The lowest BCUT2D eigenvalue weighted by molar-refractivity contribution is -0.103. The van der Waals surface area contributed by atoms with E-state index in [-0.39, 0.29) is 11.5 Å². The number of nitrogens with zero attached hydrogens (tertiary/aromatic N) is 2. The highest BCUT2D eigenvalue weighted by Crippen LogP contribution is 2.36. The van der Waals surface area contributed by atoms with Gasteiger partial charge in [-0.05, 0) is 30.4 Å². The molecule has 0 unspecified atom stereocenters. The number of sulfonamides is 1. The number of para-hydroxylation sites is 1. The van der Waals surface area contributed by atoms with Gasteiger partial charge in [-0.3, -0.25) is 9.69 Å². The number of hydrogen-bond donors (Lipinski definition) is 2. The zero-order valence-electron chi connectivity index (χ0n) is 15.4. The first-order valence-electron chi connectivity index (χ1n) is 9.25. The molecule has 2 aliphatic rings. The van der Waals surface area contributed by atoms with Crippen LogP contribution in [0.4, 0.5) is 0 Å². The minimum Gasteiger partial charge on any atom is -0.389 e. The topological polar surface area (TPSA) is 93.7 Å². The second-order valence-electron chi connectivity index (χ2n) is 7.87. The predicted octanol–water partition coefficient (Wildman–Crippen LogP) is 0.746. The van der Waals surface area contributed by atoms with Gasteiger partial charge in [0.15, 0.2) is 0 Å². The molecule has 4 rings (SSSR count). The van der Waals surface area contributed by atoms with Crippen molar-refractivity contribution in [2.45, 2.75) is 25.0 Å². The molecule has 0 bridgehead atoms. The van der Waals surface area contributed by atoms with Crippen LogP contribution in [-0.4, -0.2) is 65.7 Å². The van der Waals surface area contributed by atoms with Gasteiger partial charge in [0.2, 0.25) is 10.0 Å². The van der Waals surface area contributed by atoms with E-state index in [0.717, 1.165) is 10.9 Å². The Morgan fingerprint density at radius 1 is 1.22 bits per heavy atom. The minimum absolute atomic E-state index is 0.101. The summed E-state index contributed by atoms with van der Waals surface area (Å²) in [5, 5.41) is 11.9. The van der Waals surface area contributed by atoms with E-state index in [1.807, 2.05) is 30.3 Å². The smallest absolute Gasteiger partial charge is 0.252 e. The van der Waals surface area contributed by atoms with E-state index in [0.29, 0.717) is 51.1 Å². The van der Waals surface area contributed by atoms with Gasteiger partial charge < -0.3 is 10.1 Å². The first kappa shape index (κ1) is 18.6. The number of pyridine rings is 1. The Kier molecular flexibility index (Phi) is 4.62. The Bertz CT molecular complexity index is 1020. The van der Waals surface area contributed by atoms with Crippen LogP contribution in [0.3, 0.4) is 0 Å². The Hall–Kier alpha value is -1.74. The molecule has 0 aliphatic carbocycles. The molecule has 8 heteroatoms. The number of benzene rings is 1. The van der Waals surface area contributed by atoms with Crippen LogP contribution in [0.1, 0.15) is 18.4 Å². The molecular formula is C19H25N3O4S. The Balaban J connectivity index is 1.53. The second-order valence-corrected chi connectivity index (χ2v) is 9.85. The van der Waals surface area contributed by atoms with Crippen molar-refractivity contribution in [1.82, 2.24) is 14.2 Å². The number of aromatic nitrogens is 1. The van der Waals surface area contributed by atoms with Crippen molar-refractivity contribution < 1.29 is 13.5 Å². The number of H-pyrrole nitrogens is 1. The largest absolute Gasteiger partial charge is 0.389 e. The number of likely N-dealkylation sites (tertiary alicyclic amines) is 1. The molecule has 146 valence electrons. The van der Waals surface area contributed by atoms with E-state index >= 15 is 0 Å². The molecule has 1 aromatic heterocycles. The van der Waals surface area contributed by atoms with Gasteiger partial charge in [-0.15, -0.1) is 0 Å². The highest BCUT2D eigenvalue weighted by Gasteiger charge is 2.46. The van der Waals surface area contributed by atoms with Gasteiger partial charge in [-0.25, -0.2) is 12.7 Å². The average molecular weight is 391 g/mol. The van der Waals surface area contributed by atoms with Gasteiger partial charge in [-0.1, -0.05) is 18.2 Å². The van der Waals surface area contributed by atoms with Crippen molar-refractivity contribution in [2.75, 3.05) is 32.4 Å². The molecule has 3 heterocycles. The molecule has 2 aliphatic heterocycles. The quantitative estimate of drug-likeness (QED) is 0.805. The summed E-state index contributed by atoms with van der Waals surface area (Å²) < 4.78 is 25.2. The standard InChI is InChI=1S/C19H25N3O4S/c1-27(25,26)22-9-7-19(24)6-8-21(12-16(19)13-22)11-15-10-14-4-2-3-5-17(14)20-18(15)23/h2-5,10,16,24H,6-9,11-13H2,1H3,(H,20,23)/t16-,19-/m0/s1. The van der Waals surface area contributed by atoms with Gasteiger partial charge in [-0.2, -0.15) is 0 Å². The fraction of sp³-hybridized carbons (Fsp3) is 0.526. The Morgan fingerprint density at radius 3 is 2.74 bits per heavy atom. The van der Waals surface area contributed by atoms with E-state index in [9.17, 15) is 18.3 Å². The zero-order valence-corrected chi connectivity index (χ0v) is 16.2. The Morgan fingerprint density at radius 2 is 1.96 bits per heavy atom. The van der Waals surface area contributed by atoms with Crippen LogP contribution in [0, 0.1) is 5.92 Å². The summed E-state index contributed by atoms with van der Waals surface area (Å²) in [6, 6.07) is 9.59. The lowest BCUT2D eigenvalue weighted by atomic mass is 9.76. The maximum atomic E-state index is 12.4. The van der Waals surface area contributed by atoms with Crippen molar-refractivity contribution in [2.24, 2.45) is 5.92 Å². The van der Waals surface area contributed by atoms with Gasteiger partial charge in [0.1, 0.15) is 0 Å². The first-order valence-corrected chi connectivity index (χ1v) is 11.1. The molecule has 2 aromatic rings. The highest BCUT2D eigenvalue weighted by molar-refractivity contribution is 7.88. The molecule has 2 saturated heterocycles. The van der Waals surface area contributed by atoms with Gasteiger partial charge >= 0.3 is 0 Å². The maximum Gasteiger partial charge on any atom is 0.252 e. The summed E-state index contributed by atoms with van der Waals surface area (Å²) in [6.45, 7) is 2.47. The van der Waals surface area contributed by atoms with E-state index in [1.54, 1.807) is 0 Å². The van der Waals surface area contributed by atoms with E-state index < -0.39 is 15.6 Å². The fourth-order valence-electron chi connectivity index (χ4n) is 4.34. The van der Waals surface area contributed by atoms with Crippen LogP contribution in [0.2, 0.25) is 0 Å². The number of fused-ring (bicyclic) bond motifs is 2. The molecule has 0 radical (unpaired) electrons. The number of rotatable bonds is 3. The summed E-state index contributed by atoms with van der Waals surface area (Å²) in [7, 11) is -3.26. The second kappa shape index (κ2) is 6.70. The summed E-state index contributed by atoms with van der Waals surface area (Å²) >= 11 is 0. The lowest BCUT2D eigenvalue weighted by Crippen LogP contribution is -2.60. The average Bonchev–Trinajstić information content (AvgIpc) is 2.61. The third-order valence-corrected chi connectivity index (χ3v) is 7.28. The van der Waals surface area contributed by atoms with Crippen LogP contribution in [-0.2, 0) is 16.6 Å². The van der Waals surface area contributed by atoms with Crippen LogP contribution in [0.25, 0.3) is 10.9 Å². The minimum atomic E-state index is -3.26. The summed E-state index contributed by atoms with van der Waals surface area (Å²) in [4.78, 5) is 17.5. The van der Waals surface area contributed by atoms with Gasteiger partial charge in [0.05, 0.1) is 11.9 Å². The molecule has 2 atom stereocenters. The van der Waals surface area contributed by atoms with E-state index in [4.69, 9.17) is 0 Å². The number of aliphatic hydroxyl groups is 1. The normalized spacial score (nSPS) is 27.6. The highest BCUT2D eigenvalue weighted by atomic mass is 32.2. The molecule has 1 aromatic carbocycles. The molecule has 27 heavy (non-hydrogen) atoms. The number of piperidine rings is 2. The predicted molar refractivity (Wildman–Crippen MR) is 104 cm³/mol. The molecule has 0 amide bonds. The first-order chi connectivity index (χ1) is 12.7. The summed E-state index contributed by atoms with van der Waals surface area (Å²) in [6.07, 6.45) is 2.28. The van der Waals surface area contributed by atoms with E-state index in [2.05, 4.69) is 9.88 Å². The molecular weight excluding hydrogens is 366 g/mol. The van der Waals surface area contributed by atoms with Crippen LogP contribution < -0.4 is 5.56 Å². The summed E-state index contributed by atoms with van der Waals surface area (Å²) in [5.74, 6) is -0.144. The number of nitrogens with one attached hydrogen (secondary N) is 1. The molecule has 2 N–H and O–H groups in total. The van der Waals surface area contributed by atoms with E-state index in [1.165, 1.54) is 10.6 Å². The number of aromatic amines is 1. The fourth-order valence-corrected chi connectivity index (χ4v) is 5.21. The van der Waals surface area contributed by atoms with Crippen LogP contribution in [0.5, 0.6) is 0 Å². The third-order valence-electron chi connectivity index (χ3n) is 6.01. The Labute approximate surface area is 158 Å². The maximum absolute atomic E-state index is 12.4. The van der Waals surface area contributed by atoms with Crippen molar-refractivity contribution >= 4 is 20.9 Å². The van der Waals surface area contributed by atoms with Crippen molar-refractivity contribution in [3.63, 3.8) is 0 Å². The van der Waals surface area contributed by atoms with Crippen LogP contribution in [0.15, 0.2) is 35.1 Å². The third kappa shape index (κ3) is 3.67.